The molecule has 1 amide bonds. The Hall–Kier alpha value is -1.13. The highest BCUT2D eigenvalue weighted by Crippen LogP contribution is 2.32. The number of thioether (sulfide) groups is 1. The maximum absolute atomic E-state index is 12.1. The Morgan fingerprint density at radius 1 is 1.39 bits per heavy atom. The lowest BCUT2D eigenvalue weighted by atomic mass is 10.1. The molecular formula is C14H15NOS2. The number of thiocarbonyl (C=S) groups is 1. The number of benzene rings is 1. The van der Waals surface area contributed by atoms with Gasteiger partial charge < -0.3 is 0 Å². The fraction of sp³-hybridized carbons (Fsp3) is 0.286. The van der Waals surface area contributed by atoms with Crippen molar-refractivity contribution in [1.29, 1.82) is 0 Å². The predicted octanol–water partition coefficient (Wildman–Crippen LogP) is 3.52. The van der Waals surface area contributed by atoms with E-state index >= 15 is 0 Å². The Morgan fingerprint density at radius 2 is 2.11 bits per heavy atom. The molecule has 94 valence electrons. The molecule has 1 aliphatic heterocycles. The zero-order valence-electron chi connectivity index (χ0n) is 10.7. The third-order valence-electron chi connectivity index (χ3n) is 2.90. The summed E-state index contributed by atoms with van der Waals surface area (Å²) < 4.78 is 0.651. The second-order valence-corrected chi connectivity index (χ2v) is 5.96. The molecule has 1 aromatic carbocycles. The second-order valence-electron chi connectivity index (χ2n) is 4.29. The molecule has 0 bridgehead atoms. The highest BCUT2D eigenvalue weighted by molar-refractivity contribution is 8.26. The highest BCUT2D eigenvalue weighted by Gasteiger charge is 2.30. The van der Waals surface area contributed by atoms with Crippen molar-refractivity contribution in [3.63, 3.8) is 0 Å². The second kappa shape index (κ2) is 5.24. The molecule has 2 nitrogen and oxygen atoms in total. The van der Waals surface area contributed by atoms with Gasteiger partial charge in [-0.25, -0.2) is 0 Å². The van der Waals surface area contributed by atoms with E-state index in [-0.39, 0.29) is 5.91 Å². The molecule has 0 saturated carbocycles. The van der Waals surface area contributed by atoms with Gasteiger partial charge in [-0.1, -0.05) is 47.7 Å². The molecule has 0 spiro atoms. The zero-order chi connectivity index (χ0) is 13.3. The summed E-state index contributed by atoms with van der Waals surface area (Å²) in [6.07, 6.45) is 1.93. The first-order chi connectivity index (χ1) is 8.52. The molecule has 0 radical (unpaired) electrons. The van der Waals surface area contributed by atoms with Gasteiger partial charge in [0.2, 0.25) is 0 Å². The number of hydrogen-bond acceptors (Lipinski definition) is 3. The van der Waals surface area contributed by atoms with Crippen molar-refractivity contribution in [3.8, 4) is 0 Å². The molecule has 18 heavy (non-hydrogen) atoms. The maximum atomic E-state index is 12.1. The molecule has 1 heterocycles. The smallest absolute Gasteiger partial charge is 0.266 e. The van der Waals surface area contributed by atoms with Crippen molar-refractivity contribution >= 4 is 40.3 Å². The van der Waals surface area contributed by atoms with Crippen LogP contribution in [0, 0.1) is 13.8 Å². The van der Waals surface area contributed by atoms with Gasteiger partial charge in [0, 0.05) is 6.54 Å². The van der Waals surface area contributed by atoms with Crippen LogP contribution in [0.25, 0.3) is 6.08 Å². The summed E-state index contributed by atoms with van der Waals surface area (Å²) in [6, 6.07) is 6.22. The monoisotopic (exact) mass is 277 g/mol. The van der Waals surface area contributed by atoms with Crippen molar-refractivity contribution in [3.05, 3.63) is 39.8 Å². The van der Waals surface area contributed by atoms with Gasteiger partial charge in [-0.15, -0.1) is 0 Å². The Kier molecular flexibility index (Phi) is 3.88. The minimum Gasteiger partial charge on any atom is -0.293 e. The number of aryl methyl sites for hydroxylation is 2. The van der Waals surface area contributed by atoms with Gasteiger partial charge in [0.25, 0.3) is 5.91 Å². The van der Waals surface area contributed by atoms with Crippen LogP contribution in [0.15, 0.2) is 23.1 Å². The largest absolute Gasteiger partial charge is 0.293 e. The quantitative estimate of drug-likeness (QED) is 0.609. The molecular weight excluding hydrogens is 262 g/mol. The number of amides is 1. The first-order valence-corrected chi connectivity index (χ1v) is 7.08. The van der Waals surface area contributed by atoms with Crippen molar-refractivity contribution < 1.29 is 4.79 Å². The summed E-state index contributed by atoms with van der Waals surface area (Å²) in [5.74, 6) is 0.0208. The highest BCUT2D eigenvalue weighted by atomic mass is 32.2. The van der Waals surface area contributed by atoms with Gasteiger partial charge in [0.1, 0.15) is 4.32 Å². The van der Waals surface area contributed by atoms with Gasteiger partial charge in [-0.05, 0) is 38.0 Å². The van der Waals surface area contributed by atoms with Gasteiger partial charge in [0.05, 0.1) is 4.91 Å². The van der Waals surface area contributed by atoms with E-state index in [2.05, 4.69) is 26.0 Å². The molecule has 0 aliphatic carbocycles. The van der Waals surface area contributed by atoms with Gasteiger partial charge in [-0.2, -0.15) is 0 Å². The van der Waals surface area contributed by atoms with Crippen molar-refractivity contribution in [2.75, 3.05) is 6.54 Å². The number of rotatable bonds is 2. The first-order valence-electron chi connectivity index (χ1n) is 5.85. The van der Waals surface area contributed by atoms with Crippen LogP contribution in [-0.4, -0.2) is 21.7 Å². The minimum absolute atomic E-state index is 0.0208. The minimum atomic E-state index is 0.0208. The van der Waals surface area contributed by atoms with Crippen molar-refractivity contribution in [2.45, 2.75) is 20.8 Å². The van der Waals surface area contributed by atoms with E-state index in [1.54, 1.807) is 4.90 Å². The third-order valence-corrected chi connectivity index (χ3v) is 4.28. The van der Waals surface area contributed by atoms with Gasteiger partial charge in [0.15, 0.2) is 0 Å². The molecule has 1 saturated heterocycles. The van der Waals surface area contributed by atoms with Crippen LogP contribution in [0.3, 0.4) is 0 Å². The van der Waals surface area contributed by atoms with E-state index in [9.17, 15) is 4.79 Å². The lowest BCUT2D eigenvalue weighted by molar-refractivity contribution is -0.121. The number of carbonyl (C=O) groups is 1. The summed E-state index contributed by atoms with van der Waals surface area (Å²) in [4.78, 5) is 14.4. The van der Waals surface area contributed by atoms with Crippen LogP contribution in [-0.2, 0) is 4.79 Å². The molecule has 0 aromatic heterocycles. The van der Waals surface area contributed by atoms with E-state index in [1.807, 2.05) is 19.1 Å². The van der Waals surface area contributed by atoms with Gasteiger partial charge in [-0.3, -0.25) is 9.69 Å². The molecule has 1 fully saturated rings. The number of carbonyl (C=O) groups excluding carboxylic acids is 1. The normalized spacial score (nSPS) is 17.9. The number of hydrogen-bond donors (Lipinski definition) is 0. The van der Waals surface area contributed by atoms with Crippen molar-refractivity contribution in [1.82, 2.24) is 4.90 Å². The summed E-state index contributed by atoms with van der Waals surface area (Å²) >= 11 is 6.57. The zero-order valence-corrected chi connectivity index (χ0v) is 12.3. The van der Waals surface area contributed by atoms with Crippen LogP contribution < -0.4 is 0 Å². The molecule has 0 N–H and O–H groups in total. The molecule has 4 heteroatoms. The van der Waals surface area contributed by atoms with E-state index in [0.29, 0.717) is 15.8 Å². The Bertz CT molecular complexity index is 549. The Morgan fingerprint density at radius 3 is 2.67 bits per heavy atom. The third kappa shape index (κ3) is 2.49. The molecule has 1 aromatic rings. The van der Waals surface area contributed by atoms with Crippen LogP contribution in [0.4, 0.5) is 0 Å². The van der Waals surface area contributed by atoms with E-state index < -0.39 is 0 Å². The van der Waals surface area contributed by atoms with E-state index in [4.69, 9.17) is 12.2 Å². The maximum Gasteiger partial charge on any atom is 0.266 e. The summed E-state index contributed by atoms with van der Waals surface area (Å²) in [5.41, 5.74) is 3.49. The lowest BCUT2D eigenvalue weighted by Gasteiger charge is -2.09. The lowest BCUT2D eigenvalue weighted by Crippen LogP contribution is -2.27. The molecule has 0 unspecified atom stereocenters. The van der Waals surface area contributed by atoms with E-state index in [0.717, 1.165) is 5.56 Å². The van der Waals surface area contributed by atoms with Crippen LogP contribution >= 0.6 is 24.0 Å². The van der Waals surface area contributed by atoms with E-state index in [1.165, 1.54) is 22.9 Å². The standard InChI is InChI=1S/C14H15NOS2/c1-4-15-13(16)12(18-14(15)17)8-11-6-5-9(2)7-10(11)3/h5-8H,4H2,1-3H3/b12-8+. The van der Waals surface area contributed by atoms with Crippen molar-refractivity contribution in [2.24, 2.45) is 0 Å². The number of likely N-dealkylation sites (N-methyl/N-ethyl adjacent to an activating group) is 1. The molecule has 0 atom stereocenters. The molecule has 1 aliphatic rings. The van der Waals surface area contributed by atoms with Gasteiger partial charge >= 0.3 is 0 Å². The SMILES string of the molecule is CCN1C(=O)/C(=C\c2ccc(C)cc2C)SC1=S. The molecule has 2 rings (SSSR count). The summed E-state index contributed by atoms with van der Waals surface area (Å²) in [5, 5.41) is 0. The van der Waals surface area contributed by atoms with Crippen LogP contribution in [0.1, 0.15) is 23.6 Å². The Balaban J connectivity index is 2.35. The van der Waals surface area contributed by atoms with Crippen LogP contribution in [0.5, 0.6) is 0 Å². The average Bonchev–Trinajstić information content (AvgIpc) is 2.58. The summed E-state index contributed by atoms with van der Waals surface area (Å²) in [6.45, 7) is 6.69. The number of nitrogens with zero attached hydrogens (tertiary/aromatic N) is 1. The fourth-order valence-electron chi connectivity index (χ4n) is 1.90. The summed E-state index contributed by atoms with van der Waals surface area (Å²) in [7, 11) is 0. The fourth-order valence-corrected chi connectivity index (χ4v) is 3.28. The topological polar surface area (TPSA) is 20.3 Å². The Labute approximate surface area is 117 Å². The van der Waals surface area contributed by atoms with Crippen LogP contribution in [0.2, 0.25) is 0 Å². The predicted molar refractivity (Wildman–Crippen MR) is 81.5 cm³/mol. The first kappa shape index (κ1) is 13.3. The average molecular weight is 277 g/mol.